The Hall–Kier alpha value is -2.37. The molecule has 2 aromatic rings. The van der Waals surface area contributed by atoms with Gasteiger partial charge in [0.1, 0.15) is 38.5 Å². The standard InChI is InChI=1S/C25H35N3O2/c1-5-19(2)23-8-6-7-9-24(23)26-25(29)20(3)28-16-14-27(15-17-28)18-21-10-12-22(30-4)13-11-21/h6-13,19-20H,5,14-18H2,1-4H3,(H,26,29)/p+2/t19-,20+/m1/s1. The van der Waals surface area contributed by atoms with Crippen LogP contribution in [0.3, 0.4) is 0 Å². The van der Waals surface area contributed by atoms with E-state index in [4.69, 9.17) is 4.74 Å². The second-order valence-electron chi connectivity index (χ2n) is 8.54. The summed E-state index contributed by atoms with van der Waals surface area (Å²) in [5, 5.41) is 3.21. The fourth-order valence-corrected chi connectivity index (χ4v) is 4.25. The topological polar surface area (TPSA) is 47.2 Å². The van der Waals surface area contributed by atoms with E-state index in [1.165, 1.54) is 16.0 Å². The van der Waals surface area contributed by atoms with Crippen LogP contribution in [0.15, 0.2) is 48.5 Å². The number of quaternary nitrogens is 2. The number of carbonyl (C=O) groups is 1. The molecule has 3 N–H and O–H groups in total. The van der Waals surface area contributed by atoms with Crippen molar-refractivity contribution in [2.45, 2.75) is 45.7 Å². The van der Waals surface area contributed by atoms with Crippen LogP contribution in [0.1, 0.15) is 44.2 Å². The van der Waals surface area contributed by atoms with Crippen molar-refractivity contribution in [3.05, 3.63) is 59.7 Å². The van der Waals surface area contributed by atoms with E-state index < -0.39 is 0 Å². The van der Waals surface area contributed by atoms with Gasteiger partial charge >= 0.3 is 0 Å². The predicted molar refractivity (Wildman–Crippen MR) is 121 cm³/mol. The third-order valence-corrected chi connectivity index (χ3v) is 6.58. The molecule has 0 spiro atoms. The molecule has 5 nitrogen and oxygen atoms in total. The molecule has 1 aliphatic rings. The van der Waals surface area contributed by atoms with Gasteiger partial charge in [0.15, 0.2) is 6.04 Å². The summed E-state index contributed by atoms with van der Waals surface area (Å²) < 4.78 is 5.24. The Bertz CT molecular complexity index is 813. The zero-order valence-corrected chi connectivity index (χ0v) is 18.8. The minimum Gasteiger partial charge on any atom is -0.497 e. The van der Waals surface area contributed by atoms with Gasteiger partial charge in [-0.15, -0.1) is 0 Å². The van der Waals surface area contributed by atoms with E-state index in [2.05, 4.69) is 50.4 Å². The number of methoxy groups -OCH3 is 1. The first-order valence-electron chi connectivity index (χ1n) is 11.2. The highest BCUT2D eigenvalue weighted by Gasteiger charge is 2.31. The molecule has 1 saturated heterocycles. The number of nitrogens with one attached hydrogen (secondary N) is 3. The number of anilines is 1. The summed E-state index contributed by atoms with van der Waals surface area (Å²) in [5.41, 5.74) is 3.53. The van der Waals surface area contributed by atoms with Crippen LogP contribution >= 0.6 is 0 Å². The molecule has 5 heteroatoms. The van der Waals surface area contributed by atoms with Crippen LogP contribution in [-0.4, -0.2) is 45.2 Å². The first-order valence-corrected chi connectivity index (χ1v) is 11.2. The number of ether oxygens (including phenoxy) is 1. The van der Waals surface area contributed by atoms with Crippen molar-refractivity contribution in [3.8, 4) is 5.75 Å². The predicted octanol–water partition coefficient (Wildman–Crippen LogP) is 1.52. The molecule has 1 aliphatic heterocycles. The highest BCUT2D eigenvalue weighted by Crippen LogP contribution is 2.26. The quantitative estimate of drug-likeness (QED) is 0.617. The van der Waals surface area contributed by atoms with Gasteiger partial charge in [0, 0.05) is 11.3 Å². The molecule has 30 heavy (non-hydrogen) atoms. The smallest absolute Gasteiger partial charge is 0.282 e. The van der Waals surface area contributed by atoms with Crippen LogP contribution in [0.4, 0.5) is 5.69 Å². The maximum atomic E-state index is 13.0. The number of hydrogen-bond acceptors (Lipinski definition) is 2. The summed E-state index contributed by atoms with van der Waals surface area (Å²) in [4.78, 5) is 15.9. The number of piperazine rings is 1. The first kappa shape index (κ1) is 22.3. The van der Waals surface area contributed by atoms with Crippen molar-refractivity contribution < 1.29 is 19.3 Å². The van der Waals surface area contributed by atoms with Crippen LogP contribution in [0.5, 0.6) is 5.75 Å². The molecule has 0 radical (unpaired) electrons. The zero-order valence-electron chi connectivity index (χ0n) is 18.8. The fourth-order valence-electron chi connectivity index (χ4n) is 4.25. The summed E-state index contributed by atoms with van der Waals surface area (Å²) >= 11 is 0. The van der Waals surface area contributed by atoms with E-state index in [-0.39, 0.29) is 11.9 Å². The lowest BCUT2D eigenvalue weighted by atomic mass is 9.97. The van der Waals surface area contributed by atoms with Gasteiger partial charge in [-0.2, -0.15) is 0 Å². The molecule has 0 aromatic heterocycles. The maximum Gasteiger partial charge on any atom is 0.282 e. The molecule has 1 fully saturated rings. The van der Waals surface area contributed by atoms with E-state index in [0.717, 1.165) is 50.6 Å². The van der Waals surface area contributed by atoms with Crippen LogP contribution in [0.25, 0.3) is 0 Å². The largest absolute Gasteiger partial charge is 0.497 e. The van der Waals surface area contributed by atoms with Crippen molar-refractivity contribution in [3.63, 3.8) is 0 Å². The number of benzene rings is 2. The van der Waals surface area contributed by atoms with Crippen molar-refractivity contribution in [1.29, 1.82) is 0 Å². The monoisotopic (exact) mass is 411 g/mol. The van der Waals surface area contributed by atoms with E-state index in [0.29, 0.717) is 5.92 Å². The van der Waals surface area contributed by atoms with Gasteiger partial charge in [0.25, 0.3) is 5.91 Å². The Balaban J connectivity index is 1.52. The Morgan fingerprint density at radius 1 is 1.03 bits per heavy atom. The molecule has 2 aromatic carbocycles. The third-order valence-electron chi connectivity index (χ3n) is 6.58. The highest BCUT2D eigenvalue weighted by molar-refractivity contribution is 5.94. The Morgan fingerprint density at radius 3 is 2.33 bits per heavy atom. The van der Waals surface area contributed by atoms with Gasteiger partial charge < -0.3 is 19.9 Å². The van der Waals surface area contributed by atoms with E-state index in [1.54, 1.807) is 12.0 Å². The van der Waals surface area contributed by atoms with Crippen LogP contribution in [-0.2, 0) is 11.3 Å². The maximum absolute atomic E-state index is 13.0. The minimum atomic E-state index is -0.0440. The van der Waals surface area contributed by atoms with Crippen molar-refractivity contribution in [1.82, 2.24) is 0 Å². The Labute approximate surface area is 181 Å². The number of hydrogen-bond donors (Lipinski definition) is 3. The van der Waals surface area contributed by atoms with Crippen molar-refractivity contribution in [2.75, 3.05) is 38.6 Å². The molecule has 2 atom stereocenters. The Morgan fingerprint density at radius 2 is 1.70 bits per heavy atom. The van der Waals surface area contributed by atoms with Crippen LogP contribution in [0.2, 0.25) is 0 Å². The van der Waals surface area contributed by atoms with Crippen molar-refractivity contribution in [2.24, 2.45) is 0 Å². The zero-order chi connectivity index (χ0) is 21.5. The second kappa shape index (κ2) is 10.6. The minimum absolute atomic E-state index is 0.0440. The van der Waals surface area contributed by atoms with Gasteiger partial charge in [-0.05, 0) is 55.2 Å². The molecule has 1 heterocycles. The Kier molecular flexibility index (Phi) is 7.88. The summed E-state index contributed by atoms with van der Waals surface area (Å²) in [6, 6.07) is 16.5. The average Bonchev–Trinajstić information content (AvgIpc) is 2.79. The lowest BCUT2D eigenvalue weighted by Crippen LogP contribution is -3.29. The molecule has 3 rings (SSSR count). The van der Waals surface area contributed by atoms with Gasteiger partial charge in [-0.1, -0.05) is 32.0 Å². The molecular formula is C25H37N3O2+2. The lowest BCUT2D eigenvalue weighted by molar-refractivity contribution is -1.02. The van der Waals surface area contributed by atoms with Gasteiger partial charge in [0.2, 0.25) is 0 Å². The van der Waals surface area contributed by atoms with E-state index in [1.807, 2.05) is 24.3 Å². The van der Waals surface area contributed by atoms with Gasteiger partial charge in [-0.25, -0.2) is 0 Å². The molecule has 0 aliphatic carbocycles. The summed E-state index contributed by atoms with van der Waals surface area (Å²) in [7, 11) is 1.70. The molecule has 0 unspecified atom stereocenters. The fraction of sp³-hybridized carbons (Fsp3) is 0.480. The van der Waals surface area contributed by atoms with E-state index >= 15 is 0 Å². The second-order valence-corrected chi connectivity index (χ2v) is 8.54. The number of carbonyl (C=O) groups excluding carboxylic acids is 1. The molecule has 0 saturated carbocycles. The first-order chi connectivity index (χ1) is 14.5. The van der Waals surface area contributed by atoms with Gasteiger partial charge in [-0.3, -0.25) is 4.79 Å². The van der Waals surface area contributed by atoms with Gasteiger partial charge in [0.05, 0.1) is 7.11 Å². The number of para-hydroxylation sites is 1. The molecule has 162 valence electrons. The number of rotatable bonds is 8. The number of amides is 1. The SMILES string of the molecule is CC[C@@H](C)c1ccccc1NC(=O)[C@H](C)[NH+]1CC[NH+](Cc2ccc(OC)cc2)CC1. The lowest BCUT2D eigenvalue weighted by Gasteiger charge is -2.32. The summed E-state index contributed by atoms with van der Waals surface area (Å²) in [5.74, 6) is 1.46. The van der Waals surface area contributed by atoms with Crippen LogP contribution in [0, 0.1) is 0 Å². The van der Waals surface area contributed by atoms with E-state index in [9.17, 15) is 4.79 Å². The van der Waals surface area contributed by atoms with Crippen molar-refractivity contribution >= 4 is 11.6 Å². The third kappa shape index (κ3) is 5.61. The molecule has 0 bridgehead atoms. The summed E-state index contributed by atoms with van der Waals surface area (Å²) in [6.07, 6.45) is 1.06. The molecular weight excluding hydrogens is 374 g/mol. The van der Waals surface area contributed by atoms with Crippen LogP contribution < -0.4 is 19.9 Å². The average molecular weight is 412 g/mol. The normalized spacial score (nSPS) is 20.9. The highest BCUT2D eigenvalue weighted by atomic mass is 16.5. The molecule has 1 amide bonds. The summed E-state index contributed by atoms with van der Waals surface area (Å²) in [6.45, 7) is 11.7.